The lowest BCUT2D eigenvalue weighted by Gasteiger charge is -2.49. The molecule has 7 aromatic rings. The van der Waals surface area contributed by atoms with Gasteiger partial charge in [0, 0.05) is 11.1 Å². The Labute approximate surface area is 436 Å². The van der Waals surface area contributed by atoms with E-state index in [2.05, 4.69) is 52.2 Å². The predicted octanol–water partition coefficient (Wildman–Crippen LogP) is 10.5. The molecule has 0 bridgehead atoms. The zero-order chi connectivity index (χ0) is 51.3. The van der Waals surface area contributed by atoms with E-state index < -0.39 is 42.6 Å². The standard InChI is InChI=1S/C56H50N5O10PS2/c1-66-44-33-31-39(32-34-44)36-68-54(64)50-40(20-18-19-35-69-72(65,70-45-27-14-6-15-28-45)71-46-29-16-7-17-30-46)37-73-53-49(52(63)61(50)53)58-51(62)48(60-67-2)47-38-74-55(57-47)59-56(41-21-8-3-9-22-41,42-23-10-4-11-24-42)43-25-12-5-13-26-43/h3-19,21-34,38,49,53H,20,35-37H2,1-2H3,(H,57,59)(H,58,62)/b19-18+,60-48-. The maximum atomic E-state index is 14.3. The number of esters is 1. The smallest absolute Gasteiger partial charge is 0.497 e. The number of oxime groups is 1. The highest BCUT2D eigenvalue weighted by Crippen LogP contribution is 2.50. The molecule has 3 heterocycles. The Hall–Kier alpha value is -7.95. The molecule has 15 nitrogen and oxygen atoms in total. The molecule has 0 aliphatic carbocycles. The van der Waals surface area contributed by atoms with Crippen LogP contribution in [0, 0.1) is 0 Å². The number of ether oxygens (including phenoxy) is 2. The maximum Gasteiger partial charge on any atom is 0.587 e. The van der Waals surface area contributed by atoms with E-state index in [4.69, 9.17) is 32.9 Å². The number of para-hydroxylation sites is 2. The van der Waals surface area contributed by atoms with Crippen LogP contribution in [0.1, 0.15) is 34.4 Å². The summed E-state index contributed by atoms with van der Waals surface area (Å²) in [6, 6.07) is 53.3. The average molecular weight is 1050 g/mol. The second-order valence-electron chi connectivity index (χ2n) is 16.6. The number of nitrogens with one attached hydrogen (secondary N) is 2. The Kier molecular flexibility index (Phi) is 16.3. The number of methoxy groups -OCH3 is 1. The van der Waals surface area contributed by atoms with Crippen LogP contribution in [0.2, 0.25) is 0 Å². The first-order chi connectivity index (χ1) is 36.2. The van der Waals surface area contributed by atoms with Crippen molar-refractivity contribution in [2.75, 3.05) is 31.9 Å². The van der Waals surface area contributed by atoms with Crippen LogP contribution in [-0.4, -0.2) is 71.4 Å². The van der Waals surface area contributed by atoms with E-state index in [0.717, 1.165) is 16.7 Å². The summed E-state index contributed by atoms with van der Waals surface area (Å²) in [6.45, 7) is -0.254. The van der Waals surface area contributed by atoms with Crippen LogP contribution in [0.3, 0.4) is 0 Å². The minimum absolute atomic E-state index is 0.0635. The van der Waals surface area contributed by atoms with Crippen LogP contribution >= 0.6 is 30.9 Å². The van der Waals surface area contributed by atoms with Gasteiger partial charge in [-0.1, -0.05) is 157 Å². The van der Waals surface area contributed by atoms with Gasteiger partial charge in [-0.3, -0.25) is 19.0 Å². The molecule has 1 saturated heterocycles. The number of phosphoric ester groups is 1. The van der Waals surface area contributed by atoms with Crippen molar-refractivity contribution in [2.45, 2.75) is 30.0 Å². The molecule has 0 spiro atoms. The number of carbonyl (C=O) groups excluding carboxylic acids is 3. The van der Waals surface area contributed by atoms with Gasteiger partial charge in [0.25, 0.3) is 11.8 Å². The van der Waals surface area contributed by atoms with Crippen molar-refractivity contribution in [3.8, 4) is 17.2 Å². The summed E-state index contributed by atoms with van der Waals surface area (Å²) >= 11 is 2.66. The fourth-order valence-electron chi connectivity index (χ4n) is 8.37. The number of rotatable bonds is 22. The van der Waals surface area contributed by atoms with Crippen LogP contribution in [0.25, 0.3) is 0 Å². The van der Waals surface area contributed by atoms with E-state index in [1.165, 1.54) is 35.1 Å². The summed E-state index contributed by atoms with van der Waals surface area (Å²) < 4.78 is 42.2. The van der Waals surface area contributed by atoms with Gasteiger partial charge >= 0.3 is 13.8 Å². The minimum atomic E-state index is -4.18. The summed E-state index contributed by atoms with van der Waals surface area (Å²) in [7, 11) is -1.29. The molecular formula is C56H50N5O10PS2. The van der Waals surface area contributed by atoms with Gasteiger partial charge in [-0.25, -0.2) is 14.3 Å². The van der Waals surface area contributed by atoms with Crippen LogP contribution in [0.4, 0.5) is 5.13 Å². The average Bonchev–Trinajstić information content (AvgIpc) is 3.91. The first-order valence-corrected chi connectivity index (χ1v) is 26.7. The number of thiazole rings is 1. The molecule has 376 valence electrons. The highest BCUT2D eigenvalue weighted by molar-refractivity contribution is 8.00. The van der Waals surface area contributed by atoms with E-state index in [9.17, 15) is 18.9 Å². The summed E-state index contributed by atoms with van der Waals surface area (Å²) in [4.78, 5) is 54.0. The summed E-state index contributed by atoms with van der Waals surface area (Å²) in [5.41, 5.74) is 3.44. The van der Waals surface area contributed by atoms with Crippen LogP contribution in [0.5, 0.6) is 17.2 Å². The molecule has 2 amide bonds. The SMILES string of the molecule is CO/N=C(\C(=O)NC1C(=O)N2C(C(=O)OCc3ccc(OC)cc3)=C(C/C=C/COP(=O)(Oc3ccccc3)Oc3ccccc3)CSC12)c1csc(NC(c2ccccc2)(c2ccccc2)c2ccccc2)n1. The van der Waals surface area contributed by atoms with Gasteiger partial charge in [0.15, 0.2) is 10.8 Å². The van der Waals surface area contributed by atoms with E-state index in [1.54, 1.807) is 110 Å². The molecule has 0 radical (unpaired) electrons. The Morgan fingerprint density at radius 1 is 0.757 bits per heavy atom. The Morgan fingerprint density at radius 2 is 1.31 bits per heavy atom. The van der Waals surface area contributed by atoms with Crippen molar-refractivity contribution in [3.63, 3.8) is 0 Å². The number of β-lactam (4-membered cyclic amide) rings is 1. The number of anilines is 1. The van der Waals surface area contributed by atoms with Gasteiger partial charge < -0.3 is 34.0 Å². The number of nitrogens with zero attached hydrogens (tertiary/aromatic N) is 3. The molecule has 1 aromatic heterocycles. The van der Waals surface area contributed by atoms with E-state index in [1.807, 2.05) is 54.6 Å². The monoisotopic (exact) mass is 1050 g/mol. The van der Waals surface area contributed by atoms with E-state index >= 15 is 0 Å². The first kappa shape index (κ1) is 51.0. The van der Waals surface area contributed by atoms with Crippen molar-refractivity contribution in [1.29, 1.82) is 0 Å². The maximum absolute atomic E-state index is 14.3. The third-order valence-electron chi connectivity index (χ3n) is 11.9. The highest BCUT2D eigenvalue weighted by Gasteiger charge is 2.54. The van der Waals surface area contributed by atoms with Crippen LogP contribution in [0.15, 0.2) is 210 Å². The lowest BCUT2D eigenvalue weighted by atomic mass is 9.77. The molecule has 2 N–H and O–H groups in total. The topological polar surface area (TPSA) is 176 Å². The molecule has 1 fully saturated rings. The summed E-state index contributed by atoms with van der Waals surface area (Å²) in [5.74, 6) is -0.411. The van der Waals surface area contributed by atoms with Gasteiger partial charge in [-0.2, -0.15) is 0 Å². The third kappa shape index (κ3) is 11.6. The predicted molar refractivity (Wildman–Crippen MR) is 285 cm³/mol. The van der Waals surface area contributed by atoms with Crippen molar-refractivity contribution >= 4 is 59.5 Å². The largest absolute Gasteiger partial charge is 0.587 e. The summed E-state index contributed by atoms with van der Waals surface area (Å²) in [6.07, 6.45) is 3.56. The lowest BCUT2D eigenvalue weighted by Crippen LogP contribution is -2.71. The van der Waals surface area contributed by atoms with Crippen molar-refractivity contribution in [2.24, 2.45) is 5.16 Å². The molecule has 18 heteroatoms. The van der Waals surface area contributed by atoms with Gasteiger partial charge in [-0.15, -0.1) is 23.1 Å². The quantitative estimate of drug-likeness (QED) is 0.0125. The number of aromatic nitrogens is 1. The molecule has 2 unspecified atom stereocenters. The second kappa shape index (κ2) is 23.7. The van der Waals surface area contributed by atoms with Crippen molar-refractivity contribution in [1.82, 2.24) is 15.2 Å². The lowest BCUT2D eigenvalue weighted by molar-refractivity contribution is -0.153. The normalized spacial score (nSPS) is 15.7. The number of thioether (sulfide) groups is 1. The highest BCUT2D eigenvalue weighted by atomic mass is 32.2. The number of hydrogen-bond acceptors (Lipinski definition) is 15. The van der Waals surface area contributed by atoms with Crippen LogP contribution < -0.4 is 24.4 Å². The molecule has 74 heavy (non-hydrogen) atoms. The fraction of sp³-hybridized carbons (Fsp3) is 0.161. The number of phosphoric acid groups is 1. The molecular weight excluding hydrogens is 998 g/mol. The Morgan fingerprint density at radius 3 is 1.85 bits per heavy atom. The van der Waals surface area contributed by atoms with E-state index in [-0.39, 0.29) is 36.7 Å². The Bertz CT molecular complexity index is 3040. The Balaban J connectivity index is 0.926. The minimum Gasteiger partial charge on any atom is -0.497 e. The number of hydrogen-bond donors (Lipinski definition) is 2. The third-order valence-corrected chi connectivity index (χ3v) is 15.3. The number of amides is 2. The van der Waals surface area contributed by atoms with Crippen molar-refractivity contribution < 1.29 is 46.8 Å². The number of allylic oxidation sites excluding steroid dienone is 1. The van der Waals surface area contributed by atoms with Gasteiger partial charge in [0.05, 0.1) is 13.7 Å². The molecule has 2 aliphatic heterocycles. The zero-order valence-electron chi connectivity index (χ0n) is 40.1. The molecule has 0 saturated carbocycles. The summed E-state index contributed by atoms with van der Waals surface area (Å²) in [5, 5.41) is 12.2. The molecule has 9 rings (SSSR count). The van der Waals surface area contributed by atoms with Gasteiger partial charge in [0.2, 0.25) is 0 Å². The van der Waals surface area contributed by atoms with Gasteiger partial charge in [-0.05, 0) is 70.6 Å². The van der Waals surface area contributed by atoms with Crippen molar-refractivity contribution in [3.05, 3.63) is 233 Å². The molecule has 2 aliphatic rings. The van der Waals surface area contributed by atoms with E-state index in [0.29, 0.717) is 39.3 Å². The molecule has 2 atom stereocenters. The number of carbonyl (C=O) groups is 3. The number of benzene rings is 6. The van der Waals surface area contributed by atoms with Crippen LogP contribution in [-0.2, 0) is 45.2 Å². The number of fused-ring (bicyclic) bond motifs is 1. The first-order valence-electron chi connectivity index (χ1n) is 23.4. The second-order valence-corrected chi connectivity index (χ2v) is 20.1. The fourth-order valence-corrected chi connectivity index (χ4v) is 11.7. The zero-order valence-corrected chi connectivity index (χ0v) is 42.7. The van der Waals surface area contributed by atoms with Gasteiger partial charge in [0.1, 0.15) is 59.3 Å². The molecule has 6 aromatic carbocycles.